The van der Waals surface area contributed by atoms with Crippen LogP contribution in [0.3, 0.4) is 0 Å². The van der Waals surface area contributed by atoms with Gasteiger partial charge in [0.2, 0.25) is 5.95 Å². The predicted molar refractivity (Wildman–Crippen MR) is 81.2 cm³/mol. The molecule has 2 N–H and O–H groups in total. The van der Waals surface area contributed by atoms with Crippen molar-refractivity contribution in [2.75, 3.05) is 18.5 Å². The van der Waals surface area contributed by atoms with Crippen molar-refractivity contribution in [2.24, 2.45) is 11.7 Å². The Morgan fingerprint density at radius 3 is 3.00 bits per heavy atom. The molecule has 108 valence electrons. The molecule has 1 saturated carbocycles. The van der Waals surface area contributed by atoms with Crippen molar-refractivity contribution in [1.82, 2.24) is 14.6 Å². The van der Waals surface area contributed by atoms with Crippen molar-refractivity contribution in [2.45, 2.75) is 31.7 Å². The van der Waals surface area contributed by atoms with Crippen LogP contribution in [-0.4, -0.2) is 34.2 Å². The van der Waals surface area contributed by atoms with Gasteiger partial charge >= 0.3 is 0 Å². The third-order valence-corrected chi connectivity index (χ3v) is 4.49. The smallest absolute Gasteiger partial charge is 0.245 e. The molecule has 1 fully saturated rings. The fourth-order valence-corrected chi connectivity index (χ4v) is 3.27. The number of nitrogens with zero attached hydrogens (tertiary/aromatic N) is 4. The van der Waals surface area contributed by atoms with E-state index < -0.39 is 0 Å². The van der Waals surface area contributed by atoms with Crippen LogP contribution in [0, 0.1) is 5.92 Å². The highest BCUT2D eigenvalue weighted by atomic mass is 35.5. The number of aromatic nitrogens is 3. The van der Waals surface area contributed by atoms with Gasteiger partial charge in [0.1, 0.15) is 0 Å². The fraction of sp³-hybridized carbons (Fsp3) is 0.571. The van der Waals surface area contributed by atoms with E-state index in [1.807, 2.05) is 12.1 Å². The topological polar surface area (TPSA) is 59.5 Å². The Kier molecular flexibility index (Phi) is 3.81. The second-order valence-electron chi connectivity index (χ2n) is 5.52. The monoisotopic (exact) mass is 293 g/mol. The molecule has 2 aromatic heterocycles. The molecule has 1 aliphatic carbocycles. The Morgan fingerprint density at radius 1 is 1.40 bits per heavy atom. The zero-order valence-electron chi connectivity index (χ0n) is 11.7. The van der Waals surface area contributed by atoms with Gasteiger partial charge < -0.3 is 10.6 Å². The molecule has 1 aliphatic rings. The summed E-state index contributed by atoms with van der Waals surface area (Å²) in [5.41, 5.74) is 6.73. The molecule has 6 heteroatoms. The first kappa shape index (κ1) is 13.6. The lowest BCUT2D eigenvalue weighted by Crippen LogP contribution is -2.43. The highest BCUT2D eigenvalue weighted by Gasteiger charge is 2.29. The first-order chi connectivity index (χ1) is 9.69. The molecule has 3 rings (SSSR count). The normalized spacial score (nSPS) is 23.1. The number of hydrogen-bond donors (Lipinski definition) is 1. The highest BCUT2D eigenvalue weighted by molar-refractivity contribution is 6.30. The number of fused-ring (bicyclic) bond motifs is 1. The van der Waals surface area contributed by atoms with E-state index in [0.717, 1.165) is 24.6 Å². The second kappa shape index (κ2) is 5.58. The molecule has 5 nitrogen and oxygen atoms in total. The van der Waals surface area contributed by atoms with Crippen LogP contribution in [0.4, 0.5) is 5.95 Å². The predicted octanol–water partition coefficient (Wildman–Crippen LogP) is 2.34. The third kappa shape index (κ3) is 2.47. The number of halogens is 1. The number of pyridine rings is 1. The van der Waals surface area contributed by atoms with Gasteiger partial charge in [0.15, 0.2) is 5.65 Å². The summed E-state index contributed by atoms with van der Waals surface area (Å²) in [5.74, 6) is 1.28. The summed E-state index contributed by atoms with van der Waals surface area (Å²) in [6, 6.07) is 4.15. The van der Waals surface area contributed by atoms with Gasteiger partial charge in [-0.05, 0) is 37.4 Å². The zero-order chi connectivity index (χ0) is 14.1. The van der Waals surface area contributed by atoms with Gasteiger partial charge in [0.05, 0.1) is 5.02 Å². The summed E-state index contributed by atoms with van der Waals surface area (Å²) in [5, 5.41) is 5.18. The van der Waals surface area contributed by atoms with Crippen LogP contribution < -0.4 is 10.6 Å². The molecule has 20 heavy (non-hydrogen) atoms. The lowest BCUT2D eigenvalue weighted by Gasteiger charge is -2.36. The van der Waals surface area contributed by atoms with Gasteiger partial charge in [0, 0.05) is 19.3 Å². The van der Waals surface area contributed by atoms with Crippen LogP contribution in [0.15, 0.2) is 18.3 Å². The SMILES string of the molecule is CN(c1nc2ccc(Cl)cn2n1)C1CCCCC1CN. The van der Waals surface area contributed by atoms with Crippen LogP contribution in [0.2, 0.25) is 5.02 Å². The number of nitrogens with two attached hydrogens (primary N) is 1. The maximum atomic E-state index is 5.98. The van der Waals surface area contributed by atoms with E-state index in [4.69, 9.17) is 17.3 Å². The highest BCUT2D eigenvalue weighted by Crippen LogP contribution is 2.29. The molecule has 0 saturated heterocycles. The van der Waals surface area contributed by atoms with Gasteiger partial charge in [0.25, 0.3) is 0 Å². The van der Waals surface area contributed by atoms with E-state index in [1.54, 1.807) is 10.7 Å². The van der Waals surface area contributed by atoms with E-state index in [9.17, 15) is 0 Å². The molecular weight excluding hydrogens is 274 g/mol. The molecule has 2 atom stereocenters. The van der Waals surface area contributed by atoms with Gasteiger partial charge in [-0.1, -0.05) is 24.4 Å². The zero-order valence-corrected chi connectivity index (χ0v) is 12.4. The Hall–Kier alpha value is -1.33. The largest absolute Gasteiger partial charge is 0.339 e. The third-order valence-electron chi connectivity index (χ3n) is 4.27. The molecule has 2 unspecified atom stereocenters. The quantitative estimate of drug-likeness (QED) is 0.943. The standard InChI is InChI=1S/C14H20ClN5/c1-19(12-5-3-2-4-10(12)8-16)14-17-13-7-6-11(15)9-20(13)18-14/h6-7,9-10,12H,2-5,8,16H2,1H3. The molecule has 2 heterocycles. The van der Waals surface area contributed by atoms with Crippen molar-refractivity contribution in [3.8, 4) is 0 Å². The first-order valence-corrected chi connectivity index (χ1v) is 7.51. The van der Waals surface area contributed by atoms with E-state index in [1.165, 1.54) is 19.3 Å². The summed E-state index contributed by atoms with van der Waals surface area (Å²) in [6.07, 6.45) is 6.67. The number of rotatable bonds is 3. The summed E-state index contributed by atoms with van der Waals surface area (Å²) >= 11 is 5.98. The average molecular weight is 294 g/mol. The lowest BCUT2D eigenvalue weighted by atomic mass is 9.84. The van der Waals surface area contributed by atoms with Crippen molar-refractivity contribution in [3.05, 3.63) is 23.4 Å². The van der Waals surface area contributed by atoms with Gasteiger partial charge in [-0.2, -0.15) is 4.98 Å². The van der Waals surface area contributed by atoms with Crippen LogP contribution in [0.1, 0.15) is 25.7 Å². The number of anilines is 1. The molecule has 0 aliphatic heterocycles. The van der Waals surface area contributed by atoms with Crippen LogP contribution in [0.5, 0.6) is 0 Å². The van der Waals surface area contributed by atoms with Crippen molar-refractivity contribution in [1.29, 1.82) is 0 Å². The Balaban J connectivity index is 1.89. The molecule has 2 aromatic rings. The minimum Gasteiger partial charge on any atom is -0.339 e. The fourth-order valence-electron chi connectivity index (χ4n) is 3.12. The van der Waals surface area contributed by atoms with E-state index in [2.05, 4.69) is 22.0 Å². The van der Waals surface area contributed by atoms with Gasteiger partial charge in [-0.3, -0.25) is 0 Å². The Morgan fingerprint density at radius 2 is 2.20 bits per heavy atom. The van der Waals surface area contributed by atoms with Crippen molar-refractivity contribution < 1.29 is 0 Å². The molecule has 0 radical (unpaired) electrons. The lowest BCUT2D eigenvalue weighted by molar-refractivity contribution is 0.304. The number of hydrogen-bond acceptors (Lipinski definition) is 4. The molecule has 0 amide bonds. The Labute approximate surface area is 123 Å². The van der Waals surface area contributed by atoms with Crippen LogP contribution in [-0.2, 0) is 0 Å². The molecular formula is C14H20ClN5. The minimum absolute atomic E-state index is 0.432. The average Bonchev–Trinajstić information content (AvgIpc) is 2.89. The summed E-state index contributed by atoms with van der Waals surface area (Å²) in [7, 11) is 2.06. The van der Waals surface area contributed by atoms with Crippen molar-refractivity contribution in [3.63, 3.8) is 0 Å². The van der Waals surface area contributed by atoms with E-state index >= 15 is 0 Å². The van der Waals surface area contributed by atoms with Gasteiger partial charge in [-0.15, -0.1) is 5.10 Å². The Bertz CT molecular complexity index is 596. The summed E-state index contributed by atoms with van der Waals surface area (Å²) in [6.45, 7) is 0.730. The van der Waals surface area contributed by atoms with Crippen LogP contribution >= 0.6 is 11.6 Å². The molecule has 0 bridgehead atoms. The van der Waals surface area contributed by atoms with Gasteiger partial charge in [-0.25, -0.2) is 4.52 Å². The first-order valence-electron chi connectivity index (χ1n) is 7.14. The van der Waals surface area contributed by atoms with E-state index in [0.29, 0.717) is 17.0 Å². The summed E-state index contributed by atoms with van der Waals surface area (Å²) in [4.78, 5) is 6.75. The maximum absolute atomic E-state index is 5.98. The second-order valence-corrected chi connectivity index (χ2v) is 5.96. The van der Waals surface area contributed by atoms with Crippen molar-refractivity contribution >= 4 is 23.2 Å². The van der Waals surface area contributed by atoms with Crippen LogP contribution in [0.25, 0.3) is 5.65 Å². The minimum atomic E-state index is 0.432. The molecule has 0 aromatic carbocycles. The van der Waals surface area contributed by atoms with E-state index in [-0.39, 0.29) is 0 Å². The maximum Gasteiger partial charge on any atom is 0.245 e. The summed E-state index contributed by atoms with van der Waals surface area (Å²) < 4.78 is 1.73. The molecule has 0 spiro atoms.